The van der Waals surface area contributed by atoms with Gasteiger partial charge in [-0.1, -0.05) is 15.9 Å². The van der Waals surface area contributed by atoms with Gasteiger partial charge in [-0.2, -0.15) is 18.3 Å². The molecule has 2 aromatic rings. The average molecular weight is 382 g/mol. The van der Waals surface area contributed by atoms with Crippen LogP contribution in [0.5, 0.6) is 0 Å². The number of benzene rings is 1. The minimum Gasteiger partial charge on any atom is -0.253 e. The van der Waals surface area contributed by atoms with Crippen LogP contribution in [-0.4, -0.2) is 11.2 Å². The van der Waals surface area contributed by atoms with Crippen LogP contribution in [0.15, 0.2) is 27.1 Å². The Morgan fingerprint density at radius 3 is 2.67 bits per heavy atom. The Morgan fingerprint density at radius 2 is 2.10 bits per heavy atom. The molecular formula is C12H8BrF4N3S. The van der Waals surface area contributed by atoms with Crippen LogP contribution in [0.25, 0.3) is 0 Å². The van der Waals surface area contributed by atoms with Crippen molar-refractivity contribution in [2.24, 2.45) is 5.10 Å². The number of halogens is 5. The predicted molar refractivity (Wildman–Crippen MR) is 77.2 cm³/mol. The molecule has 112 valence electrons. The molecule has 1 N–H and O–H groups in total. The smallest absolute Gasteiger partial charge is 0.253 e. The molecule has 1 heterocycles. The quantitative estimate of drug-likeness (QED) is 0.470. The van der Waals surface area contributed by atoms with Gasteiger partial charge in [-0.15, -0.1) is 11.3 Å². The average Bonchev–Trinajstić information content (AvgIpc) is 2.77. The number of aromatic nitrogens is 1. The monoisotopic (exact) mass is 381 g/mol. The van der Waals surface area contributed by atoms with Crippen molar-refractivity contribution in [3.8, 4) is 0 Å². The van der Waals surface area contributed by atoms with Crippen molar-refractivity contribution in [1.82, 2.24) is 4.98 Å². The van der Waals surface area contributed by atoms with Crippen LogP contribution in [0.3, 0.4) is 0 Å². The van der Waals surface area contributed by atoms with E-state index in [9.17, 15) is 17.6 Å². The summed E-state index contributed by atoms with van der Waals surface area (Å²) in [6, 6.07) is 1.90. The Balaban J connectivity index is 2.25. The normalized spacial score (nSPS) is 12.1. The highest BCUT2D eigenvalue weighted by Crippen LogP contribution is 2.34. The number of aryl methyl sites for hydroxylation is 1. The Hall–Kier alpha value is -1.48. The van der Waals surface area contributed by atoms with Crippen LogP contribution in [-0.2, 0) is 6.18 Å². The van der Waals surface area contributed by atoms with Gasteiger partial charge >= 0.3 is 6.18 Å². The molecule has 9 heteroatoms. The third-order valence-electron chi connectivity index (χ3n) is 2.35. The highest BCUT2D eigenvalue weighted by Gasteiger charge is 2.35. The van der Waals surface area contributed by atoms with Crippen LogP contribution < -0.4 is 5.43 Å². The maximum Gasteiger partial charge on any atom is 0.419 e. The maximum absolute atomic E-state index is 13.8. The Bertz CT molecular complexity index is 682. The van der Waals surface area contributed by atoms with Crippen LogP contribution in [0, 0.1) is 12.7 Å². The molecule has 1 aromatic heterocycles. The zero-order valence-corrected chi connectivity index (χ0v) is 12.9. The minimum absolute atomic E-state index is 0.114. The van der Waals surface area contributed by atoms with Gasteiger partial charge in [0.2, 0.25) is 5.13 Å². The van der Waals surface area contributed by atoms with Crippen molar-refractivity contribution in [2.45, 2.75) is 13.1 Å². The maximum atomic E-state index is 13.8. The first-order valence-electron chi connectivity index (χ1n) is 5.55. The molecule has 0 unspecified atom stereocenters. The lowest BCUT2D eigenvalue weighted by Crippen LogP contribution is -2.10. The molecule has 0 saturated heterocycles. The summed E-state index contributed by atoms with van der Waals surface area (Å²) in [4.78, 5) is 4.05. The molecule has 0 bridgehead atoms. The van der Waals surface area contributed by atoms with E-state index in [1.165, 1.54) is 17.4 Å². The molecule has 0 aliphatic rings. The van der Waals surface area contributed by atoms with Crippen LogP contribution in [0.2, 0.25) is 0 Å². The summed E-state index contributed by atoms with van der Waals surface area (Å²) in [5, 5.41) is 5.94. The van der Waals surface area contributed by atoms with Crippen molar-refractivity contribution >= 4 is 38.6 Å². The Kier molecular flexibility index (Phi) is 4.62. The van der Waals surface area contributed by atoms with Crippen molar-refractivity contribution in [3.05, 3.63) is 44.6 Å². The van der Waals surface area contributed by atoms with Crippen molar-refractivity contribution in [2.75, 3.05) is 5.43 Å². The SMILES string of the molecule is Cc1csc(NN=Cc2cc(Br)cc(C(F)(F)F)c2F)n1. The van der Waals surface area contributed by atoms with Gasteiger partial charge < -0.3 is 0 Å². The molecule has 1 aromatic carbocycles. The van der Waals surface area contributed by atoms with E-state index in [1.807, 2.05) is 0 Å². The number of hydrogen-bond donors (Lipinski definition) is 1. The van der Waals surface area contributed by atoms with Gasteiger partial charge in [0.05, 0.1) is 17.5 Å². The number of hydrogen-bond acceptors (Lipinski definition) is 4. The van der Waals surface area contributed by atoms with Gasteiger partial charge in [-0.3, -0.25) is 5.43 Å². The topological polar surface area (TPSA) is 37.3 Å². The van der Waals surface area contributed by atoms with Crippen molar-refractivity contribution in [1.29, 1.82) is 0 Å². The number of rotatable bonds is 3. The summed E-state index contributed by atoms with van der Waals surface area (Å²) in [6.45, 7) is 1.79. The van der Waals surface area contributed by atoms with E-state index >= 15 is 0 Å². The van der Waals surface area contributed by atoms with Gasteiger partial charge in [0.15, 0.2) is 0 Å². The number of hydrazone groups is 1. The van der Waals surface area contributed by atoms with Gasteiger partial charge in [0.1, 0.15) is 5.82 Å². The molecule has 0 fully saturated rings. The third kappa shape index (κ3) is 4.01. The van der Waals surface area contributed by atoms with E-state index in [2.05, 4.69) is 31.4 Å². The number of anilines is 1. The molecule has 0 radical (unpaired) electrons. The summed E-state index contributed by atoms with van der Waals surface area (Å²) in [5.74, 6) is -1.37. The molecule has 0 atom stereocenters. The molecular weight excluding hydrogens is 374 g/mol. The predicted octanol–water partition coefficient (Wildman–Crippen LogP) is 4.82. The zero-order valence-electron chi connectivity index (χ0n) is 10.5. The summed E-state index contributed by atoms with van der Waals surface area (Å²) >= 11 is 4.20. The molecule has 0 saturated carbocycles. The fourth-order valence-corrected chi connectivity index (χ4v) is 2.59. The van der Waals surface area contributed by atoms with Crippen molar-refractivity contribution < 1.29 is 17.6 Å². The van der Waals surface area contributed by atoms with E-state index in [0.717, 1.165) is 11.9 Å². The van der Waals surface area contributed by atoms with Gasteiger partial charge in [-0.05, 0) is 19.1 Å². The Labute approximate surface area is 129 Å². The highest BCUT2D eigenvalue weighted by atomic mass is 79.9. The largest absolute Gasteiger partial charge is 0.419 e. The molecule has 0 aliphatic carbocycles. The van der Waals surface area contributed by atoms with E-state index in [-0.39, 0.29) is 10.0 Å². The van der Waals surface area contributed by atoms with Crippen LogP contribution in [0.1, 0.15) is 16.8 Å². The van der Waals surface area contributed by atoms with Gasteiger partial charge in [-0.25, -0.2) is 9.37 Å². The van der Waals surface area contributed by atoms with Crippen molar-refractivity contribution in [3.63, 3.8) is 0 Å². The summed E-state index contributed by atoms with van der Waals surface area (Å²) < 4.78 is 51.9. The first-order valence-corrected chi connectivity index (χ1v) is 7.22. The lowest BCUT2D eigenvalue weighted by Gasteiger charge is -2.10. The third-order valence-corrected chi connectivity index (χ3v) is 3.68. The van der Waals surface area contributed by atoms with E-state index in [4.69, 9.17) is 0 Å². The summed E-state index contributed by atoms with van der Waals surface area (Å²) in [6.07, 6.45) is -3.79. The van der Waals surface area contributed by atoms with E-state index < -0.39 is 17.6 Å². The molecule has 0 spiro atoms. The number of thiazole rings is 1. The molecule has 21 heavy (non-hydrogen) atoms. The highest BCUT2D eigenvalue weighted by molar-refractivity contribution is 9.10. The van der Waals surface area contributed by atoms with Gasteiger partial charge in [0, 0.05) is 15.4 Å². The lowest BCUT2D eigenvalue weighted by atomic mass is 10.1. The van der Waals surface area contributed by atoms with Gasteiger partial charge in [0.25, 0.3) is 0 Å². The summed E-state index contributed by atoms with van der Waals surface area (Å²) in [7, 11) is 0. The molecule has 0 amide bonds. The minimum atomic E-state index is -4.77. The second kappa shape index (κ2) is 6.10. The number of alkyl halides is 3. The second-order valence-electron chi connectivity index (χ2n) is 4.02. The standard InChI is InChI=1S/C12H8BrF4N3S/c1-6-5-21-11(19-6)20-18-4-7-2-8(13)3-9(10(7)14)12(15,16)17/h2-5H,1H3,(H,19,20). The first kappa shape index (κ1) is 15.9. The molecule has 2 rings (SSSR count). The second-order valence-corrected chi connectivity index (χ2v) is 5.79. The van der Waals surface area contributed by atoms with Crippen LogP contribution in [0.4, 0.5) is 22.7 Å². The summed E-state index contributed by atoms with van der Waals surface area (Å²) in [5.41, 5.74) is 1.69. The van der Waals surface area contributed by atoms with E-state index in [1.54, 1.807) is 12.3 Å². The molecule has 0 aliphatic heterocycles. The first-order chi connectivity index (χ1) is 9.77. The fraction of sp³-hybridized carbons (Fsp3) is 0.167. The lowest BCUT2D eigenvalue weighted by molar-refractivity contribution is -0.140. The fourth-order valence-electron chi connectivity index (χ4n) is 1.47. The zero-order chi connectivity index (χ0) is 15.6. The number of nitrogens with zero attached hydrogens (tertiary/aromatic N) is 2. The number of nitrogens with one attached hydrogen (secondary N) is 1. The molecule has 3 nitrogen and oxygen atoms in total. The van der Waals surface area contributed by atoms with E-state index in [0.29, 0.717) is 11.2 Å². The van der Waals surface area contributed by atoms with Crippen LogP contribution >= 0.6 is 27.3 Å². The Morgan fingerprint density at radius 1 is 1.38 bits per heavy atom.